The first kappa shape index (κ1) is 17.9. The van der Waals surface area contributed by atoms with E-state index in [4.69, 9.17) is 4.52 Å². The van der Waals surface area contributed by atoms with Crippen molar-refractivity contribution in [1.29, 1.82) is 0 Å². The van der Waals surface area contributed by atoms with Gasteiger partial charge in [0.1, 0.15) is 0 Å². The number of amides is 2. The quantitative estimate of drug-likeness (QED) is 0.737. The first-order valence-corrected chi connectivity index (χ1v) is 10.1. The summed E-state index contributed by atoms with van der Waals surface area (Å²) in [6.07, 6.45) is 2.99. The maximum Gasteiger partial charge on any atom is 0.317 e. The van der Waals surface area contributed by atoms with Crippen molar-refractivity contribution in [1.82, 2.24) is 30.1 Å². The fraction of sp³-hybridized carbons (Fsp3) is 0.429. The monoisotopic (exact) mass is 392 g/mol. The van der Waals surface area contributed by atoms with E-state index in [2.05, 4.69) is 39.6 Å². The summed E-state index contributed by atoms with van der Waals surface area (Å²) in [6.45, 7) is 3.70. The molecule has 29 heavy (non-hydrogen) atoms. The summed E-state index contributed by atoms with van der Waals surface area (Å²) in [5.41, 5.74) is 5.10. The molecule has 0 radical (unpaired) electrons. The molecule has 0 atom stereocenters. The molecule has 0 bridgehead atoms. The standard InChI is InChI=1S/C21H24N6O2/c1-13-3-5-14(6-4-13)11-22-21(28)27-10-9-17-16(12-27)18(24-26(17)2)20-23-19(25-29-20)15-7-8-15/h3-6,15H,7-12H2,1-2H3,(H,22,28). The molecule has 1 saturated carbocycles. The summed E-state index contributed by atoms with van der Waals surface area (Å²) in [4.78, 5) is 19.1. The molecule has 1 N–H and O–H groups in total. The highest BCUT2D eigenvalue weighted by Gasteiger charge is 2.32. The molecular weight excluding hydrogens is 368 g/mol. The second-order valence-corrected chi connectivity index (χ2v) is 7.95. The van der Waals surface area contributed by atoms with Crippen LogP contribution in [0.25, 0.3) is 11.6 Å². The topological polar surface area (TPSA) is 89.1 Å². The molecule has 2 aliphatic rings. The molecule has 1 fully saturated rings. The van der Waals surface area contributed by atoms with Gasteiger partial charge in [-0.2, -0.15) is 10.1 Å². The minimum absolute atomic E-state index is 0.0739. The molecule has 1 aliphatic heterocycles. The Kier molecular flexibility index (Phi) is 4.34. The zero-order valence-corrected chi connectivity index (χ0v) is 16.7. The molecule has 1 aromatic carbocycles. The largest absolute Gasteiger partial charge is 0.334 e. The van der Waals surface area contributed by atoms with Crippen molar-refractivity contribution < 1.29 is 9.32 Å². The van der Waals surface area contributed by atoms with Gasteiger partial charge >= 0.3 is 6.03 Å². The number of nitrogens with one attached hydrogen (secondary N) is 1. The van der Waals surface area contributed by atoms with Crippen molar-refractivity contribution in [2.75, 3.05) is 6.54 Å². The molecule has 3 aromatic rings. The molecule has 1 aliphatic carbocycles. The Hall–Kier alpha value is -3.16. The van der Waals surface area contributed by atoms with Crippen LogP contribution in [0.1, 0.15) is 47.0 Å². The molecule has 0 saturated heterocycles. The zero-order valence-electron chi connectivity index (χ0n) is 16.7. The second-order valence-electron chi connectivity index (χ2n) is 7.95. The molecule has 5 rings (SSSR count). The van der Waals surface area contributed by atoms with Crippen molar-refractivity contribution in [2.24, 2.45) is 7.05 Å². The van der Waals surface area contributed by atoms with Crippen LogP contribution in [0.15, 0.2) is 28.8 Å². The van der Waals surface area contributed by atoms with Crippen LogP contribution in [-0.2, 0) is 26.6 Å². The number of hydrogen-bond donors (Lipinski definition) is 1. The fourth-order valence-corrected chi connectivity index (χ4v) is 3.77. The maximum atomic E-state index is 12.7. The van der Waals surface area contributed by atoms with E-state index in [0.717, 1.165) is 41.9 Å². The Morgan fingerprint density at radius 3 is 2.83 bits per heavy atom. The fourth-order valence-electron chi connectivity index (χ4n) is 3.77. The third kappa shape index (κ3) is 3.50. The molecule has 150 valence electrons. The average molecular weight is 392 g/mol. The third-order valence-corrected chi connectivity index (χ3v) is 5.68. The van der Waals surface area contributed by atoms with E-state index in [0.29, 0.717) is 37.1 Å². The second kappa shape index (κ2) is 7.02. The summed E-state index contributed by atoms with van der Waals surface area (Å²) in [5, 5.41) is 11.7. The number of urea groups is 1. The van der Waals surface area contributed by atoms with Crippen LogP contribution in [0.4, 0.5) is 4.79 Å². The van der Waals surface area contributed by atoms with E-state index in [1.807, 2.05) is 28.8 Å². The van der Waals surface area contributed by atoms with Crippen LogP contribution < -0.4 is 5.32 Å². The number of carbonyl (C=O) groups excluding carboxylic acids is 1. The molecule has 0 unspecified atom stereocenters. The average Bonchev–Trinajstić information content (AvgIpc) is 3.38. The van der Waals surface area contributed by atoms with E-state index in [9.17, 15) is 4.79 Å². The Labute approximate surface area is 168 Å². The van der Waals surface area contributed by atoms with Gasteiger partial charge in [-0.1, -0.05) is 35.0 Å². The third-order valence-electron chi connectivity index (χ3n) is 5.68. The summed E-state index contributed by atoms with van der Waals surface area (Å²) in [7, 11) is 1.92. The lowest BCUT2D eigenvalue weighted by Crippen LogP contribution is -2.42. The maximum absolute atomic E-state index is 12.7. The predicted molar refractivity (Wildman–Crippen MR) is 106 cm³/mol. The van der Waals surface area contributed by atoms with E-state index < -0.39 is 0 Å². The van der Waals surface area contributed by atoms with E-state index in [1.54, 1.807) is 0 Å². The van der Waals surface area contributed by atoms with E-state index >= 15 is 0 Å². The van der Waals surface area contributed by atoms with Gasteiger partial charge in [0.2, 0.25) is 0 Å². The van der Waals surface area contributed by atoms with Gasteiger partial charge in [-0.05, 0) is 25.3 Å². The summed E-state index contributed by atoms with van der Waals surface area (Å²) in [6, 6.07) is 8.11. The van der Waals surface area contributed by atoms with Gasteiger partial charge in [-0.3, -0.25) is 4.68 Å². The first-order chi connectivity index (χ1) is 14.1. The molecule has 2 amide bonds. The molecule has 3 heterocycles. The van der Waals surface area contributed by atoms with Gasteiger partial charge in [0.15, 0.2) is 11.5 Å². The molecule has 8 nitrogen and oxygen atoms in total. The Morgan fingerprint density at radius 2 is 2.07 bits per heavy atom. The van der Waals surface area contributed by atoms with E-state index in [-0.39, 0.29) is 6.03 Å². The van der Waals surface area contributed by atoms with Crippen LogP contribution in [0.3, 0.4) is 0 Å². The number of hydrogen-bond acceptors (Lipinski definition) is 5. The number of fused-ring (bicyclic) bond motifs is 1. The SMILES string of the molecule is Cc1ccc(CNC(=O)N2CCc3c(c(-c4nc(C5CC5)no4)nn3C)C2)cc1. The molecule has 2 aromatic heterocycles. The first-order valence-electron chi connectivity index (χ1n) is 10.1. The molecular formula is C21H24N6O2. The lowest BCUT2D eigenvalue weighted by Gasteiger charge is -2.27. The number of aryl methyl sites for hydroxylation is 2. The molecule has 0 spiro atoms. The van der Waals surface area contributed by atoms with E-state index in [1.165, 1.54) is 5.56 Å². The van der Waals surface area contributed by atoms with Gasteiger partial charge in [-0.25, -0.2) is 4.79 Å². The Bertz CT molecular complexity index is 1050. The number of benzene rings is 1. The van der Waals surface area contributed by atoms with Crippen molar-refractivity contribution in [3.8, 4) is 11.6 Å². The number of nitrogens with zero attached hydrogens (tertiary/aromatic N) is 5. The minimum atomic E-state index is -0.0739. The van der Waals surface area contributed by atoms with Gasteiger partial charge < -0.3 is 14.7 Å². The summed E-state index contributed by atoms with van der Waals surface area (Å²) < 4.78 is 7.35. The minimum Gasteiger partial charge on any atom is -0.334 e. The van der Waals surface area contributed by atoms with Crippen LogP contribution in [0.5, 0.6) is 0 Å². The van der Waals surface area contributed by atoms with Gasteiger partial charge in [0, 0.05) is 43.7 Å². The number of rotatable bonds is 4. The highest BCUT2D eigenvalue weighted by molar-refractivity contribution is 5.75. The zero-order chi connectivity index (χ0) is 20.0. The van der Waals surface area contributed by atoms with Crippen LogP contribution in [0, 0.1) is 6.92 Å². The highest BCUT2D eigenvalue weighted by atomic mass is 16.5. The summed E-state index contributed by atoms with van der Waals surface area (Å²) in [5.74, 6) is 1.64. The van der Waals surface area contributed by atoms with Gasteiger partial charge in [-0.15, -0.1) is 0 Å². The Morgan fingerprint density at radius 1 is 1.28 bits per heavy atom. The van der Waals surface area contributed by atoms with Crippen LogP contribution in [0.2, 0.25) is 0 Å². The number of aromatic nitrogens is 4. The smallest absolute Gasteiger partial charge is 0.317 e. The Balaban J connectivity index is 1.31. The van der Waals surface area contributed by atoms with Crippen molar-refractivity contribution in [3.63, 3.8) is 0 Å². The normalized spacial score (nSPS) is 16.0. The number of carbonyl (C=O) groups is 1. The van der Waals surface area contributed by atoms with Gasteiger partial charge in [0.25, 0.3) is 5.89 Å². The lowest BCUT2D eigenvalue weighted by atomic mass is 10.1. The highest BCUT2D eigenvalue weighted by Crippen LogP contribution is 2.39. The van der Waals surface area contributed by atoms with Crippen molar-refractivity contribution >= 4 is 6.03 Å². The summed E-state index contributed by atoms with van der Waals surface area (Å²) >= 11 is 0. The van der Waals surface area contributed by atoms with Crippen LogP contribution in [-0.4, -0.2) is 37.4 Å². The van der Waals surface area contributed by atoms with Gasteiger partial charge in [0.05, 0.1) is 6.54 Å². The lowest BCUT2D eigenvalue weighted by molar-refractivity contribution is 0.191. The molecule has 8 heteroatoms. The predicted octanol–water partition coefficient (Wildman–Crippen LogP) is 2.92. The van der Waals surface area contributed by atoms with Crippen molar-refractivity contribution in [3.05, 3.63) is 52.5 Å². The van der Waals surface area contributed by atoms with Crippen LogP contribution >= 0.6 is 0 Å². The van der Waals surface area contributed by atoms with Crippen molar-refractivity contribution in [2.45, 2.75) is 45.2 Å².